The molecule has 2 rings (SSSR count). The van der Waals surface area contributed by atoms with Crippen molar-refractivity contribution in [3.63, 3.8) is 0 Å². The van der Waals surface area contributed by atoms with Crippen LogP contribution in [0.15, 0.2) is 48.5 Å². The van der Waals surface area contributed by atoms with E-state index in [1.165, 1.54) is 16.8 Å². The van der Waals surface area contributed by atoms with Gasteiger partial charge in [0.2, 0.25) is 0 Å². The summed E-state index contributed by atoms with van der Waals surface area (Å²) in [5, 5.41) is 4.00. The Balaban J connectivity index is 2.26. The molecule has 0 bridgehead atoms. The highest BCUT2D eigenvalue weighted by atomic mass is 35.5. The van der Waals surface area contributed by atoms with Gasteiger partial charge in [0.15, 0.2) is 0 Å². The van der Waals surface area contributed by atoms with Crippen LogP contribution in [-0.4, -0.2) is 14.1 Å². The molecule has 0 aliphatic carbocycles. The second-order valence-electron chi connectivity index (χ2n) is 5.00. The van der Waals surface area contributed by atoms with Gasteiger partial charge < -0.3 is 10.2 Å². The third-order valence-corrected chi connectivity index (χ3v) is 3.92. The molecule has 0 aromatic heterocycles. The average molecular weight is 289 g/mol. The molecule has 0 heterocycles. The van der Waals surface area contributed by atoms with Crippen molar-refractivity contribution in [2.45, 2.75) is 19.5 Å². The van der Waals surface area contributed by atoms with Crippen molar-refractivity contribution < 1.29 is 0 Å². The first-order valence-electron chi connectivity index (χ1n) is 6.84. The molecule has 0 radical (unpaired) electrons. The Kier molecular flexibility index (Phi) is 5.05. The first-order chi connectivity index (χ1) is 9.63. The highest BCUT2D eigenvalue weighted by molar-refractivity contribution is 6.30. The summed E-state index contributed by atoms with van der Waals surface area (Å²) in [4.78, 5) is 2.30. The summed E-state index contributed by atoms with van der Waals surface area (Å²) in [5.41, 5.74) is 3.82. The number of hydrogen-bond acceptors (Lipinski definition) is 2. The smallest absolute Gasteiger partial charge is 0.0511 e. The van der Waals surface area contributed by atoms with Gasteiger partial charge in [-0.15, -0.1) is 0 Å². The second-order valence-corrected chi connectivity index (χ2v) is 5.43. The number of nitrogens with one attached hydrogen (secondary N) is 1. The van der Waals surface area contributed by atoms with Crippen LogP contribution in [-0.2, 0) is 6.54 Å². The van der Waals surface area contributed by atoms with Gasteiger partial charge in [-0.05, 0) is 43.3 Å². The lowest BCUT2D eigenvalue weighted by Gasteiger charge is -2.29. The Morgan fingerprint density at radius 2 is 1.75 bits per heavy atom. The summed E-state index contributed by atoms with van der Waals surface area (Å²) < 4.78 is 0. The highest BCUT2D eigenvalue weighted by Crippen LogP contribution is 2.28. The Bertz CT molecular complexity index is 551. The largest absolute Gasteiger partial charge is 0.368 e. The Hall–Kier alpha value is -1.51. The van der Waals surface area contributed by atoms with Crippen LogP contribution in [0, 0.1) is 0 Å². The van der Waals surface area contributed by atoms with Gasteiger partial charge >= 0.3 is 0 Å². The monoisotopic (exact) mass is 288 g/mol. The van der Waals surface area contributed by atoms with Crippen LogP contribution >= 0.6 is 11.6 Å². The van der Waals surface area contributed by atoms with Gasteiger partial charge in [-0.2, -0.15) is 0 Å². The molecule has 0 aliphatic heterocycles. The Morgan fingerprint density at radius 1 is 1.10 bits per heavy atom. The van der Waals surface area contributed by atoms with Crippen molar-refractivity contribution in [3.05, 3.63) is 64.7 Å². The number of nitrogens with zero attached hydrogens (tertiary/aromatic N) is 1. The first-order valence-corrected chi connectivity index (χ1v) is 7.22. The molecule has 0 aliphatic rings. The lowest BCUT2D eigenvalue weighted by molar-refractivity contribution is 0.727. The van der Waals surface area contributed by atoms with E-state index >= 15 is 0 Å². The fourth-order valence-electron chi connectivity index (χ4n) is 2.37. The number of halogens is 1. The van der Waals surface area contributed by atoms with Crippen LogP contribution < -0.4 is 10.2 Å². The zero-order valence-electron chi connectivity index (χ0n) is 12.2. The maximum atomic E-state index is 5.96. The fourth-order valence-corrected chi connectivity index (χ4v) is 2.49. The van der Waals surface area contributed by atoms with E-state index in [1.807, 2.05) is 19.2 Å². The maximum absolute atomic E-state index is 5.96. The normalized spacial score (nSPS) is 12.2. The van der Waals surface area contributed by atoms with Gasteiger partial charge in [-0.1, -0.05) is 41.9 Å². The zero-order chi connectivity index (χ0) is 14.5. The van der Waals surface area contributed by atoms with E-state index in [-0.39, 0.29) is 0 Å². The molecular weight excluding hydrogens is 268 g/mol. The quantitative estimate of drug-likeness (QED) is 0.884. The lowest BCUT2D eigenvalue weighted by atomic mass is 10.1. The molecule has 1 N–H and O–H groups in total. The van der Waals surface area contributed by atoms with Crippen LogP contribution in [0.5, 0.6) is 0 Å². The van der Waals surface area contributed by atoms with Crippen LogP contribution in [0.1, 0.15) is 24.1 Å². The first kappa shape index (κ1) is 14.9. The SMILES string of the molecule is CNCc1ccccc1N(C)C(C)c1ccc(Cl)cc1. The number of hydrogen-bond donors (Lipinski definition) is 1. The Labute approximate surface area is 126 Å². The van der Waals surface area contributed by atoms with Crippen LogP contribution in [0.2, 0.25) is 5.02 Å². The zero-order valence-corrected chi connectivity index (χ0v) is 13.0. The van der Waals surface area contributed by atoms with Gasteiger partial charge in [0.1, 0.15) is 0 Å². The summed E-state index contributed by atoms with van der Waals surface area (Å²) >= 11 is 5.96. The van der Waals surface area contributed by atoms with Crippen molar-refractivity contribution in [1.29, 1.82) is 0 Å². The van der Waals surface area contributed by atoms with Gasteiger partial charge in [0, 0.05) is 24.3 Å². The fraction of sp³-hybridized carbons (Fsp3) is 0.294. The molecule has 0 amide bonds. The predicted octanol–water partition coefficient (Wildman–Crippen LogP) is 4.26. The van der Waals surface area contributed by atoms with Gasteiger partial charge in [0.25, 0.3) is 0 Å². The third-order valence-electron chi connectivity index (χ3n) is 3.67. The molecule has 2 nitrogen and oxygen atoms in total. The van der Waals surface area contributed by atoms with E-state index in [1.54, 1.807) is 0 Å². The minimum Gasteiger partial charge on any atom is -0.368 e. The van der Waals surface area contributed by atoms with E-state index in [0.29, 0.717) is 6.04 Å². The molecule has 2 aromatic carbocycles. The molecule has 20 heavy (non-hydrogen) atoms. The molecule has 3 heteroatoms. The number of rotatable bonds is 5. The van der Waals surface area contributed by atoms with Crippen molar-refractivity contribution in [2.24, 2.45) is 0 Å². The van der Waals surface area contributed by atoms with E-state index in [2.05, 4.69) is 60.6 Å². The molecule has 0 saturated carbocycles. The van der Waals surface area contributed by atoms with Crippen molar-refractivity contribution in [1.82, 2.24) is 5.32 Å². The van der Waals surface area contributed by atoms with Crippen molar-refractivity contribution >= 4 is 17.3 Å². The third kappa shape index (κ3) is 3.33. The molecule has 0 saturated heterocycles. The number of anilines is 1. The summed E-state index contributed by atoms with van der Waals surface area (Å²) in [5.74, 6) is 0. The highest BCUT2D eigenvalue weighted by Gasteiger charge is 2.14. The Morgan fingerprint density at radius 3 is 2.40 bits per heavy atom. The van der Waals surface area contributed by atoms with Crippen LogP contribution in [0.4, 0.5) is 5.69 Å². The summed E-state index contributed by atoms with van der Waals surface area (Å²) in [6.07, 6.45) is 0. The van der Waals surface area contributed by atoms with Crippen molar-refractivity contribution in [2.75, 3.05) is 19.0 Å². The second kappa shape index (κ2) is 6.78. The van der Waals surface area contributed by atoms with Gasteiger partial charge in [-0.25, -0.2) is 0 Å². The van der Waals surface area contributed by atoms with Crippen LogP contribution in [0.25, 0.3) is 0 Å². The average Bonchev–Trinajstić information content (AvgIpc) is 2.47. The summed E-state index contributed by atoms with van der Waals surface area (Å²) in [6, 6.07) is 16.9. The minimum absolute atomic E-state index is 0.297. The van der Waals surface area contributed by atoms with Crippen molar-refractivity contribution in [3.8, 4) is 0 Å². The molecule has 0 spiro atoms. The minimum atomic E-state index is 0.297. The van der Waals surface area contributed by atoms with E-state index in [0.717, 1.165) is 11.6 Å². The number of benzene rings is 2. The molecular formula is C17H21ClN2. The molecule has 0 fully saturated rings. The predicted molar refractivity (Wildman–Crippen MR) is 87.5 cm³/mol. The maximum Gasteiger partial charge on any atom is 0.0511 e. The van der Waals surface area contributed by atoms with Crippen LogP contribution in [0.3, 0.4) is 0 Å². The molecule has 1 atom stereocenters. The summed E-state index contributed by atoms with van der Waals surface area (Å²) in [6.45, 7) is 3.08. The summed E-state index contributed by atoms with van der Waals surface area (Å²) in [7, 11) is 4.10. The van der Waals surface area contributed by atoms with E-state index in [4.69, 9.17) is 11.6 Å². The lowest BCUT2D eigenvalue weighted by Crippen LogP contribution is -2.23. The van der Waals surface area contributed by atoms with E-state index in [9.17, 15) is 0 Å². The number of para-hydroxylation sites is 1. The molecule has 2 aromatic rings. The topological polar surface area (TPSA) is 15.3 Å². The standard InChI is InChI=1S/C17H21ClN2/c1-13(14-8-10-16(18)11-9-14)20(3)17-7-5-4-6-15(17)12-19-2/h4-11,13,19H,12H2,1-3H3. The molecule has 106 valence electrons. The van der Waals surface area contributed by atoms with E-state index < -0.39 is 0 Å². The van der Waals surface area contributed by atoms with Gasteiger partial charge in [-0.3, -0.25) is 0 Å². The van der Waals surface area contributed by atoms with Gasteiger partial charge in [0.05, 0.1) is 6.04 Å². The molecule has 1 unspecified atom stereocenters.